The van der Waals surface area contributed by atoms with Gasteiger partial charge in [0, 0.05) is 11.9 Å². The molecule has 0 atom stereocenters. The Labute approximate surface area is 117 Å². The third kappa shape index (κ3) is 4.96. The van der Waals surface area contributed by atoms with E-state index in [0.29, 0.717) is 12.5 Å². The molecule has 2 aromatic heterocycles. The van der Waals surface area contributed by atoms with Crippen LogP contribution in [0.3, 0.4) is 0 Å². The summed E-state index contributed by atoms with van der Waals surface area (Å²) in [4.78, 5) is 8.54. The zero-order chi connectivity index (χ0) is 13.5. The summed E-state index contributed by atoms with van der Waals surface area (Å²) in [7, 11) is 0. The summed E-state index contributed by atoms with van der Waals surface area (Å²) in [6.07, 6.45) is 1.76. The molecule has 0 radical (unpaired) electrons. The molecule has 102 valence electrons. The van der Waals surface area contributed by atoms with E-state index in [4.69, 9.17) is 4.74 Å². The van der Waals surface area contributed by atoms with Crippen LogP contribution < -0.4 is 10.1 Å². The summed E-state index contributed by atoms with van der Waals surface area (Å²) < 4.78 is 5.61. The van der Waals surface area contributed by atoms with Crippen LogP contribution in [-0.4, -0.2) is 16.5 Å². The highest BCUT2D eigenvalue weighted by Gasteiger charge is 2.00. The molecule has 2 rings (SSSR count). The summed E-state index contributed by atoms with van der Waals surface area (Å²) in [5, 5.41) is 5.35. The topological polar surface area (TPSA) is 47.0 Å². The standard InChI is InChI=1S/C14H19N3OS/c1-11(2)5-15-6-12-3-4-14(7-16-12)18-8-13-9-19-10-17-13/h3-4,7,9-11,15H,5-6,8H2,1-2H3. The SMILES string of the molecule is CC(C)CNCc1ccc(OCc2cscn2)cn1. The van der Waals surface area contributed by atoms with E-state index >= 15 is 0 Å². The van der Waals surface area contributed by atoms with Crippen molar-refractivity contribution in [2.24, 2.45) is 5.92 Å². The predicted octanol–water partition coefficient (Wildman–Crippen LogP) is 2.86. The first-order valence-corrected chi connectivity index (χ1v) is 7.34. The number of hydrogen-bond donors (Lipinski definition) is 1. The minimum atomic E-state index is 0.496. The monoisotopic (exact) mass is 277 g/mol. The van der Waals surface area contributed by atoms with Crippen LogP contribution in [0.1, 0.15) is 25.2 Å². The van der Waals surface area contributed by atoms with Gasteiger partial charge in [0.05, 0.1) is 23.1 Å². The number of rotatable bonds is 7. The number of thiazole rings is 1. The van der Waals surface area contributed by atoms with Crippen molar-refractivity contribution in [3.8, 4) is 5.75 Å². The van der Waals surface area contributed by atoms with E-state index in [1.54, 1.807) is 23.0 Å². The third-order valence-electron chi connectivity index (χ3n) is 2.53. The van der Waals surface area contributed by atoms with E-state index < -0.39 is 0 Å². The molecule has 0 aliphatic rings. The van der Waals surface area contributed by atoms with E-state index in [2.05, 4.69) is 29.1 Å². The lowest BCUT2D eigenvalue weighted by molar-refractivity contribution is 0.300. The molecule has 0 aliphatic carbocycles. The molecule has 0 saturated carbocycles. The van der Waals surface area contributed by atoms with E-state index in [-0.39, 0.29) is 0 Å². The van der Waals surface area contributed by atoms with Gasteiger partial charge in [0.1, 0.15) is 12.4 Å². The van der Waals surface area contributed by atoms with Crippen molar-refractivity contribution in [3.05, 3.63) is 40.6 Å². The van der Waals surface area contributed by atoms with Crippen LogP contribution in [0.4, 0.5) is 0 Å². The van der Waals surface area contributed by atoms with Gasteiger partial charge < -0.3 is 10.1 Å². The van der Waals surface area contributed by atoms with Gasteiger partial charge in [0.2, 0.25) is 0 Å². The minimum Gasteiger partial charge on any atom is -0.486 e. The third-order valence-corrected chi connectivity index (χ3v) is 3.16. The van der Waals surface area contributed by atoms with E-state index in [9.17, 15) is 0 Å². The van der Waals surface area contributed by atoms with E-state index in [1.165, 1.54) is 0 Å². The van der Waals surface area contributed by atoms with Crippen molar-refractivity contribution in [1.29, 1.82) is 0 Å². The number of ether oxygens (including phenoxy) is 1. The van der Waals surface area contributed by atoms with Gasteiger partial charge in [0.15, 0.2) is 0 Å². The van der Waals surface area contributed by atoms with Gasteiger partial charge in [-0.1, -0.05) is 13.8 Å². The number of nitrogens with zero attached hydrogens (tertiary/aromatic N) is 2. The molecule has 4 nitrogen and oxygen atoms in total. The van der Waals surface area contributed by atoms with Gasteiger partial charge in [-0.15, -0.1) is 11.3 Å². The zero-order valence-electron chi connectivity index (χ0n) is 11.3. The predicted molar refractivity (Wildman–Crippen MR) is 77.2 cm³/mol. The summed E-state index contributed by atoms with van der Waals surface area (Å²) >= 11 is 1.57. The Kier molecular flexibility index (Phi) is 5.30. The molecule has 0 fully saturated rings. The smallest absolute Gasteiger partial charge is 0.138 e. The van der Waals surface area contributed by atoms with Crippen molar-refractivity contribution in [3.63, 3.8) is 0 Å². The Bertz CT molecular complexity index is 468. The maximum Gasteiger partial charge on any atom is 0.138 e. The van der Waals surface area contributed by atoms with Crippen molar-refractivity contribution < 1.29 is 4.74 Å². The van der Waals surface area contributed by atoms with Gasteiger partial charge in [-0.05, 0) is 24.6 Å². The minimum absolute atomic E-state index is 0.496. The molecule has 5 heteroatoms. The van der Waals surface area contributed by atoms with Gasteiger partial charge in [-0.25, -0.2) is 4.98 Å². The first-order valence-electron chi connectivity index (χ1n) is 6.39. The fourth-order valence-corrected chi connectivity index (χ4v) is 2.10. The summed E-state index contributed by atoms with van der Waals surface area (Å²) in [5.74, 6) is 1.43. The molecule has 0 saturated heterocycles. The molecule has 2 heterocycles. The van der Waals surface area contributed by atoms with Crippen molar-refractivity contribution in [2.75, 3.05) is 6.54 Å². The molecule has 0 aromatic carbocycles. The number of nitrogens with one attached hydrogen (secondary N) is 1. The van der Waals surface area contributed by atoms with Crippen molar-refractivity contribution in [2.45, 2.75) is 27.0 Å². The lowest BCUT2D eigenvalue weighted by Gasteiger charge is -2.08. The van der Waals surface area contributed by atoms with Crippen molar-refractivity contribution in [1.82, 2.24) is 15.3 Å². The van der Waals surface area contributed by atoms with Crippen LogP contribution >= 0.6 is 11.3 Å². The summed E-state index contributed by atoms with van der Waals surface area (Å²) in [5.41, 5.74) is 3.79. The van der Waals surface area contributed by atoms with Crippen LogP contribution in [-0.2, 0) is 13.2 Å². The summed E-state index contributed by atoms with van der Waals surface area (Å²) in [6, 6.07) is 3.94. The van der Waals surface area contributed by atoms with E-state index in [1.807, 2.05) is 17.5 Å². The van der Waals surface area contributed by atoms with Crippen LogP contribution in [0.25, 0.3) is 0 Å². The number of aromatic nitrogens is 2. The maximum absolute atomic E-state index is 5.61. The Morgan fingerprint density at radius 3 is 2.79 bits per heavy atom. The van der Waals surface area contributed by atoms with Crippen LogP contribution in [0.2, 0.25) is 0 Å². The highest BCUT2D eigenvalue weighted by Crippen LogP contribution is 2.12. The van der Waals surface area contributed by atoms with Crippen LogP contribution in [0, 0.1) is 5.92 Å². The Hall–Kier alpha value is -1.46. The maximum atomic E-state index is 5.61. The first-order chi connectivity index (χ1) is 9.24. The van der Waals surface area contributed by atoms with E-state index in [0.717, 1.165) is 30.2 Å². The molecular formula is C14H19N3OS. The second-order valence-corrected chi connectivity index (χ2v) is 5.50. The van der Waals surface area contributed by atoms with Gasteiger partial charge in [0.25, 0.3) is 0 Å². The van der Waals surface area contributed by atoms with Crippen molar-refractivity contribution >= 4 is 11.3 Å². The molecule has 2 aromatic rings. The lowest BCUT2D eigenvalue weighted by Crippen LogP contribution is -2.19. The molecule has 0 amide bonds. The van der Waals surface area contributed by atoms with Gasteiger partial charge >= 0.3 is 0 Å². The first kappa shape index (κ1) is 14.0. The molecule has 19 heavy (non-hydrogen) atoms. The molecule has 1 N–H and O–H groups in total. The second kappa shape index (κ2) is 7.21. The molecule has 0 bridgehead atoms. The second-order valence-electron chi connectivity index (χ2n) is 4.78. The quantitative estimate of drug-likeness (QED) is 0.845. The van der Waals surface area contributed by atoms with Gasteiger partial charge in [-0.2, -0.15) is 0 Å². The van der Waals surface area contributed by atoms with Gasteiger partial charge in [-0.3, -0.25) is 4.98 Å². The zero-order valence-corrected chi connectivity index (χ0v) is 12.1. The Morgan fingerprint density at radius 1 is 1.26 bits per heavy atom. The average molecular weight is 277 g/mol. The molecule has 0 aliphatic heterocycles. The highest BCUT2D eigenvalue weighted by molar-refractivity contribution is 7.07. The number of hydrogen-bond acceptors (Lipinski definition) is 5. The van der Waals surface area contributed by atoms with Crippen LogP contribution in [0.5, 0.6) is 5.75 Å². The Balaban J connectivity index is 1.77. The fourth-order valence-electron chi connectivity index (χ4n) is 1.56. The average Bonchev–Trinajstić information content (AvgIpc) is 2.90. The fraction of sp³-hybridized carbons (Fsp3) is 0.429. The molecule has 0 spiro atoms. The lowest BCUT2D eigenvalue weighted by atomic mass is 10.2. The highest BCUT2D eigenvalue weighted by atomic mass is 32.1. The molecular weight excluding hydrogens is 258 g/mol. The number of pyridine rings is 1. The largest absolute Gasteiger partial charge is 0.486 e. The molecule has 0 unspecified atom stereocenters. The normalized spacial score (nSPS) is 10.9. The van der Waals surface area contributed by atoms with Crippen LogP contribution in [0.15, 0.2) is 29.2 Å². The Morgan fingerprint density at radius 2 is 2.16 bits per heavy atom. The summed E-state index contributed by atoms with van der Waals surface area (Å²) in [6.45, 7) is 6.68.